The minimum absolute atomic E-state index is 0.256. The smallest absolute Gasteiger partial charge is 0.110 e. The molecule has 0 aliphatic rings. The molecule has 1 N–H and O–H groups in total. The molecule has 0 amide bonds. The number of imidazole rings is 1. The van der Waals surface area contributed by atoms with Gasteiger partial charge in [0.15, 0.2) is 0 Å². The van der Waals surface area contributed by atoms with Crippen molar-refractivity contribution in [2.75, 3.05) is 6.54 Å². The Morgan fingerprint density at radius 2 is 2.28 bits per heavy atom. The van der Waals surface area contributed by atoms with Crippen molar-refractivity contribution in [3.63, 3.8) is 0 Å². The molecule has 1 unspecified atom stereocenters. The normalized spacial score (nSPS) is 12.8. The third-order valence-corrected chi connectivity index (χ3v) is 3.87. The predicted octanol–water partition coefficient (Wildman–Crippen LogP) is 1.73. The quantitative estimate of drug-likeness (QED) is 0.864. The second-order valence-corrected chi connectivity index (χ2v) is 4.99. The summed E-state index contributed by atoms with van der Waals surface area (Å²) in [6.45, 7) is 5.16. The first-order valence-corrected chi connectivity index (χ1v) is 7.04. The van der Waals surface area contributed by atoms with Gasteiger partial charge in [-0.2, -0.15) is 0 Å². The molecule has 2 aromatic rings. The second-order valence-electron chi connectivity index (χ2n) is 4.21. The third-order valence-electron chi connectivity index (χ3n) is 2.99. The summed E-state index contributed by atoms with van der Waals surface area (Å²) in [5.74, 6) is 1.08. The van der Waals surface area contributed by atoms with Gasteiger partial charge in [0.25, 0.3) is 0 Å². The van der Waals surface area contributed by atoms with Gasteiger partial charge in [0, 0.05) is 25.9 Å². The minimum atomic E-state index is 0.256. The van der Waals surface area contributed by atoms with E-state index in [4.69, 9.17) is 0 Å². The predicted molar refractivity (Wildman–Crippen MR) is 72.6 cm³/mol. The van der Waals surface area contributed by atoms with Gasteiger partial charge in [-0.3, -0.25) is 0 Å². The maximum Gasteiger partial charge on any atom is 0.110 e. The van der Waals surface area contributed by atoms with Crippen LogP contribution in [0.15, 0.2) is 12.4 Å². The molecule has 0 saturated heterocycles. The molecule has 0 aromatic carbocycles. The lowest BCUT2D eigenvalue weighted by Crippen LogP contribution is -2.24. The zero-order valence-electron chi connectivity index (χ0n) is 11.1. The van der Waals surface area contributed by atoms with Crippen molar-refractivity contribution < 1.29 is 0 Å². The summed E-state index contributed by atoms with van der Waals surface area (Å²) < 4.78 is 6.13. The Morgan fingerprint density at radius 1 is 1.44 bits per heavy atom. The number of likely N-dealkylation sites (N-methyl/N-ethyl adjacent to an activating group) is 1. The number of hydrogen-bond donors (Lipinski definition) is 1. The van der Waals surface area contributed by atoms with E-state index in [0.717, 1.165) is 30.9 Å². The second kappa shape index (κ2) is 6.06. The van der Waals surface area contributed by atoms with Crippen LogP contribution in [0.25, 0.3) is 0 Å². The van der Waals surface area contributed by atoms with E-state index in [1.165, 1.54) is 16.4 Å². The Morgan fingerprint density at radius 3 is 2.89 bits per heavy atom. The van der Waals surface area contributed by atoms with E-state index in [1.807, 2.05) is 19.4 Å². The van der Waals surface area contributed by atoms with Crippen molar-refractivity contribution >= 4 is 11.5 Å². The van der Waals surface area contributed by atoms with Crippen LogP contribution in [0, 0.1) is 0 Å². The first-order chi connectivity index (χ1) is 8.76. The number of nitrogens with one attached hydrogen (secondary N) is 1. The molecule has 2 rings (SSSR count). The molecule has 98 valence electrons. The molecule has 2 aromatic heterocycles. The first-order valence-electron chi connectivity index (χ1n) is 6.26. The van der Waals surface area contributed by atoms with E-state index in [0.29, 0.717) is 0 Å². The monoisotopic (exact) mass is 265 g/mol. The lowest BCUT2D eigenvalue weighted by molar-refractivity contribution is 0.532. The van der Waals surface area contributed by atoms with Crippen LogP contribution in [0.4, 0.5) is 0 Å². The lowest BCUT2D eigenvalue weighted by Gasteiger charge is -2.16. The van der Waals surface area contributed by atoms with Crippen molar-refractivity contribution in [3.8, 4) is 0 Å². The summed E-state index contributed by atoms with van der Waals surface area (Å²) in [6, 6.07) is 0.256. The Kier molecular flexibility index (Phi) is 4.43. The third kappa shape index (κ3) is 2.76. The van der Waals surface area contributed by atoms with Gasteiger partial charge in [0.05, 0.1) is 16.6 Å². The fourth-order valence-electron chi connectivity index (χ4n) is 2.01. The molecule has 0 spiro atoms. The standard InChI is InChI=1S/C12H19N5S/c1-4-9-12(18-16-15-9)10(13-5-2)8-11-14-6-7-17(11)3/h6-7,10,13H,4-5,8H2,1-3H3. The van der Waals surface area contributed by atoms with Crippen molar-refractivity contribution in [2.45, 2.75) is 32.7 Å². The molecule has 18 heavy (non-hydrogen) atoms. The van der Waals surface area contributed by atoms with Crippen LogP contribution in [0.5, 0.6) is 0 Å². The fraction of sp³-hybridized carbons (Fsp3) is 0.583. The number of hydrogen-bond acceptors (Lipinski definition) is 5. The molecule has 2 heterocycles. The summed E-state index contributed by atoms with van der Waals surface area (Å²) in [5.41, 5.74) is 1.10. The number of rotatable bonds is 6. The lowest BCUT2D eigenvalue weighted by atomic mass is 10.1. The minimum Gasteiger partial charge on any atom is -0.338 e. The molecule has 0 saturated carbocycles. The van der Waals surface area contributed by atoms with Gasteiger partial charge in [0.2, 0.25) is 0 Å². The van der Waals surface area contributed by atoms with Gasteiger partial charge < -0.3 is 9.88 Å². The van der Waals surface area contributed by atoms with Crippen molar-refractivity contribution in [3.05, 3.63) is 28.8 Å². The molecular formula is C12H19N5S. The van der Waals surface area contributed by atoms with E-state index in [9.17, 15) is 0 Å². The summed E-state index contributed by atoms with van der Waals surface area (Å²) >= 11 is 1.49. The summed E-state index contributed by atoms with van der Waals surface area (Å²) in [6.07, 6.45) is 5.61. The maximum absolute atomic E-state index is 4.39. The van der Waals surface area contributed by atoms with E-state index < -0.39 is 0 Å². The van der Waals surface area contributed by atoms with Crippen LogP contribution in [0.1, 0.15) is 36.3 Å². The fourth-order valence-corrected chi connectivity index (χ4v) is 2.82. The highest BCUT2D eigenvalue weighted by molar-refractivity contribution is 7.05. The van der Waals surface area contributed by atoms with E-state index in [1.54, 1.807) is 0 Å². The van der Waals surface area contributed by atoms with Crippen LogP contribution in [-0.2, 0) is 19.9 Å². The highest BCUT2D eigenvalue weighted by Gasteiger charge is 2.19. The van der Waals surface area contributed by atoms with E-state index in [2.05, 4.69) is 38.3 Å². The molecule has 5 nitrogen and oxygen atoms in total. The summed E-state index contributed by atoms with van der Waals surface area (Å²) in [7, 11) is 2.02. The van der Waals surface area contributed by atoms with Crippen LogP contribution in [-0.4, -0.2) is 25.7 Å². The van der Waals surface area contributed by atoms with Crippen LogP contribution in [0.3, 0.4) is 0 Å². The number of aromatic nitrogens is 4. The topological polar surface area (TPSA) is 55.6 Å². The highest BCUT2D eigenvalue weighted by Crippen LogP contribution is 2.23. The van der Waals surface area contributed by atoms with Crippen LogP contribution in [0.2, 0.25) is 0 Å². The van der Waals surface area contributed by atoms with Crippen molar-refractivity contribution in [1.29, 1.82) is 0 Å². The average Bonchev–Trinajstić information content (AvgIpc) is 2.98. The number of nitrogens with zero attached hydrogens (tertiary/aromatic N) is 4. The van der Waals surface area contributed by atoms with Gasteiger partial charge in [0.1, 0.15) is 5.82 Å². The molecule has 0 aliphatic heterocycles. The Hall–Kier alpha value is -1.27. The SMILES string of the molecule is CCNC(Cc1nccn1C)c1snnc1CC. The van der Waals surface area contributed by atoms with Crippen molar-refractivity contribution in [2.24, 2.45) is 7.05 Å². The van der Waals surface area contributed by atoms with Gasteiger partial charge in [-0.05, 0) is 24.5 Å². The van der Waals surface area contributed by atoms with Crippen LogP contribution >= 0.6 is 11.5 Å². The Labute approximate surface area is 111 Å². The molecular weight excluding hydrogens is 246 g/mol. The largest absolute Gasteiger partial charge is 0.338 e. The molecule has 0 aliphatic carbocycles. The zero-order valence-corrected chi connectivity index (χ0v) is 11.9. The molecule has 0 bridgehead atoms. The average molecular weight is 265 g/mol. The molecule has 1 atom stereocenters. The van der Waals surface area contributed by atoms with E-state index >= 15 is 0 Å². The molecule has 6 heteroatoms. The first kappa shape index (κ1) is 13.2. The summed E-state index contributed by atoms with van der Waals surface area (Å²) in [5, 5.41) is 7.69. The summed E-state index contributed by atoms with van der Waals surface area (Å²) in [4.78, 5) is 5.63. The maximum atomic E-state index is 4.39. The Bertz CT molecular complexity index is 490. The number of aryl methyl sites for hydroxylation is 2. The van der Waals surface area contributed by atoms with Crippen LogP contribution < -0.4 is 5.32 Å². The molecule has 0 radical (unpaired) electrons. The van der Waals surface area contributed by atoms with Gasteiger partial charge in [-0.15, -0.1) is 5.10 Å². The van der Waals surface area contributed by atoms with Gasteiger partial charge in [-0.25, -0.2) is 4.98 Å². The highest BCUT2D eigenvalue weighted by atomic mass is 32.1. The molecule has 0 fully saturated rings. The zero-order chi connectivity index (χ0) is 13.0. The van der Waals surface area contributed by atoms with E-state index in [-0.39, 0.29) is 6.04 Å². The van der Waals surface area contributed by atoms with Crippen molar-refractivity contribution in [1.82, 2.24) is 24.5 Å². The Balaban J connectivity index is 2.21. The van der Waals surface area contributed by atoms with Gasteiger partial charge in [-0.1, -0.05) is 18.3 Å². The van der Waals surface area contributed by atoms with Gasteiger partial charge >= 0.3 is 0 Å².